The number of aromatic nitrogens is 2. The van der Waals surface area contributed by atoms with Crippen LogP contribution in [0.3, 0.4) is 0 Å². The van der Waals surface area contributed by atoms with Crippen molar-refractivity contribution in [1.29, 1.82) is 0 Å². The molecule has 1 aromatic heterocycles. The van der Waals surface area contributed by atoms with Gasteiger partial charge in [0.1, 0.15) is 5.69 Å². The van der Waals surface area contributed by atoms with Crippen molar-refractivity contribution in [3.8, 4) is 0 Å². The molecule has 2 heterocycles. The van der Waals surface area contributed by atoms with Crippen LogP contribution in [0.25, 0.3) is 0 Å². The van der Waals surface area contributed by atoms with Crippen LogP contribution in [0.15, 0.2) is 12.3 Å². The Morgan fingerprint density at radius 2 is 1.71 bits per heavy atom. The molecule has 1 saturated heterocycles. The van der Waals surface area contributed by atoms with Crippen LogP contribution in [0.2, 0.25) is 0 Å². The molecule has 1 aromatic rings. The Morgan fingerprint density at radius 3 is 2.29 bits per heavy atom. The summed E-state index contributed by atoms with van der Waals surface area (Å²) < 4.78 is 37.5. The molecule has 0 atom stereocenters. The number of hydrogen-bond donors (Lipinski definition) is 0. The predicted molar refractivity (Wildman–Crippen MR) is 57.7 cm³/mol. The number of anilines is 1. The van der Waals surface area contributed by atoms with Crippen LogP contribution in [0, 0.1) is 0 Å². The van der Waals surface area contributed by atoms with Gasteiger partial charge in [-0.2, -0.15) is 13.2 Å². The summed E-state index contributed by atoms with van der Waals surface area (Å²) >= 11 is 0. The summed E-state index contributed by atoms with van der Waals surface area (Å²) in [5.41, 5.74) is -0.869. The van der Waals surface area contributed by atoms with Gasteiger partial charge in [-0.15, -0.1) is 0 Å². The summed E-state index contributed by atoms with van der Waals surface area (Å²) in [6.45, 7) is 1.47. The summed E-state index contributed by atoms with van der Waals surface area (Å²) in [4.78, 5) is 9.37. The molecular formula is C11H14F3N3. The molecule has 94 valence electrons. The molecule has 1 fully saturated rings. The van der Waals surface area contributed by atoms with Gasteiger partial charge in [-0.05, 0) is 18.9 Å². The fourth-order valence-corrected chi connectivity index (χ4v) is 1.93. The Balaban J connectivity index is 2.20. The van der Waals surface area contributed by atoms with Gasteiger partial charge in [-0.25, -0.2) is 9.97 Å². The lowest BCUT2D eigenvalue weighted by Gasteiger charge is -2.20. The molecule has 6 heteroatoms. The minimum absolute atomic E-state index is 0.196. The van der Waals surface area contributed by atoms with Crippen LogP contribution >= 0.6 is 0 Å². The highest BCUT2D eigenvalue weighted by Gasteiger charge is 2.33. The molecule has 3 nitrogen and oxygen atoms in total. The number of nitrogens with zero attached hydrogens (tertiary/aromatic N) is 3. The van der Waals surface area contributed by atoms with Gasteiger partial charge in [0.25, 0.3) is 0 Å². The molecule has 1 aliphatic rings. The van der Waals surface area contributed by atoms with Gasteiger partial charge in [0.2, 0.25) is 5.95 Å². The van der Waals surface area contributed by atoms with Gasteiger partial charge in [-0.3, -0.25) is 0 Å². The SMILES string of the molecule is FC(F)(F)c1ccnc(N2CCCCCC2)n1. The molecule has 0 unspecified atom stereocenters. The van der Waals surface area contributed by atoms with Gasteiger partial charge in [0.15, 0.2) is 0 Å². The van der Waals surface area contributed by atoms with Crippen molar-refractivity contribution < 1.29 is 13.2 Å². The molecule has 0 spiro atoms. The minimum atomic E-state index is -4.40. The second kappa shape index (κ2) is 4.89. The van der Waals surface area contributed by atoms with Crippen molar-refractivity contribution in [3.05, 3.63) is 18.0 Å². The monoisotopic (exact) mass is 245 g/mol. The van der Waals surface area contributed by atoms with E-state index in [-0.39, 0.29) is 5.95 Å². The average Bonchev–Trinajstić information content (AvgIpc) is 2.56. The van der Waals surface area contributed by atoms with E-state index in [9.17, 15) is 13.2 Å². The highest BCUT2D eigenvalue weighted by atomic mass is 19.4. The first-order chi connectivity index (χ1) is 8.07. The second-order valence-corrected chi connectivity index (χ2v) is 4.14. The Hall–Kier alpha value is -1.33. The quantitative estimate of drug-likeness (QED) is 0.761. The van der Waals surface area contributed by atoms with Crippen molar-refractivity contribution in [1.82, 2.24) is 9.97 Å². The van der Waals surface area contributed by atoms with E-state index in [1.54, 1.807) is 0 Å². The third-order valence-electron chi connectivity index (χ3n) is 2.82. The summed E-state index contributed by atoms with van der Waals surface area (Å²) in [5.74, 6) is 0.196. The lowest BCUT2D eigenvalue weighted by atomic mass is 10.2. The van der Waals surface area contributed by atoms with Crippen LogP contribution in [-0.2, 0) is 6.18 Å². The summed E-state index contributed by atoms with van der Waals surface area (Å²) in [5, 5.41) is 0. The maximum absolute atomic E-state index is 12.5. The topological polar surface area (TPSA) is 29.0 Å². The van der Waals surface area contributed by atoms with Crippen LogP contribution in [0.5, 0.6) is 0 Å². The van der Waals surface area contributed by atoms with Gasteiger partial charge in [0.05, 0.1) is 0 Å². The van der Waals surface area contributed by atoms with Crippen molar-refractivity contribution in [2.75, 3.05) is 18.0 Å². The highest BCUT2D eigenvalue weighted by Crippen LogP contribution is 2.28. The average molecular weight is 245 g/mol. The van der Waals surface area contributed by atoms with Gasteiger partial charge < -0.3 is 4.90 Å². The Bertz CT molecular complexity index is 370. The van der Waals surface area contributed by atoms with Crippen LogP contribution in [-0.4, -0.2) is 23.1 Å². The predicted octanol–water partition coefficient (Wildman–Crippen LogP) is 2.88. The Kier molecular flexibility index (Phi) is 3.49. The first kappa shape index (κ1) is 12.1. The van der Waals surface area contributed by atoms with Crippen LogP contribution in [0.1, 0.15) is 31.4 Å². The molecule has 0 aliphatic carbocycles. The largest absolute Gasteiger partial charge is 0.433 e. The number of halogens is 3. The highest BCUT2D eigenvalue weighted by molar-refractivity contribution is 5.30. The van der Waals surface area contributed by atoms with Gasteiger partial charge >= 0.3 is 6.18 Å². The smallest absolute Gasteiger partial charge is 0.341 e. The van der Waals surface area contributed by atoms with E-state index in [0.717, 1.165) is 44.8 Å². The van der Waals surface area contributed by atoms with Gasteiger partial charge in [-0.1, -0.05) is 12.8 Å². The summed E-state index contributed by atoms with van der Waals surface area (Å²) in [6, 6.07) is 0.904. The fourth-order valence-electron chi connectivity index (χ4n) is 1.93. The van der Waals surface area contributed by atoms with Crippen molar-refractivity contribution in [2.45, 2.75) is 31.9 Å². The van der Waals surface area contributed by atoms with E-state index in [2.05, 4.69) is 9.97 Å². The van der Waals surface area contributed by atoms with Crippen LogP contribution < -0.4 is 4.90 Å². The van der Waals surface area contributed by atoms with Gasteiger partial charge in [0, 0.05) is 19.3 Å². The number of rotatable bonds is 1. The van der Waals surface area contributed by atoms with Crippen molar-refractivity contribution >= 4 is 5.95 Å². The zero-order valence-corrected chi connectivity index (χ0v) is 9.37. The lowest BCUT2D eigenvalue weighted by Crippen LogP contribution is -2.26. The lowest BCUT2D eigenvalue weighted by molar-refractivity contribution is -0.141. The molecule has 2 rings (SSSR count). The van der Waals surface area contributed by atoms with E-state index in [1.807, 2.05) is 4.90 Å². The number of alkyl halides is 3. The molecule has 17 heavy (non-hydrogen) atoms. The molecule has 0 N–H and O–H groups in total. The Labute approximate surface area is 97.7 Å². The maximum Gasteiger partial charge on any atom is 0.433 e. The molecular weight excluding hydrogens is 231 g/mol. The Morgan fingerprint density at radius 1 is 1.06 bits per heavy atom. The fraction of sp³-hybridized carbons (Fsp3) is 0.636. The van der Waals surface area contributed by atoms with E-state index in [1.165, 1.54) is 6.20 Å². The maximum atomic E-state index is 12.5. The standard InChI is InChI=1S/C11H14F3N3/c12-11(13,14)9-5-6-15-10(16-9)17-7-3-1-2-4-8-17/h5-6H,1-4,7-8H2. The molecule has 0 bridgehead atoms. The first-order valence-corrected chi connectivity index (χ1v) is 5.72. The first-order valence-electron chi connectivity index (χ1n) is 5.72. The normalized spacial score (nSPS) is 17.9. The van der Waals surface area contributed by atoms with Crippen molar-refractivity contribution in [2.24, 2.45) is 0 Å². The van der Waals surface area contributed by atoms with E-state index in [0.29, 0.717) is 0 Å². The van der Waals surface area contributed by atoms with Crippen LogP contribution in [0.4, 0.5) is 19.1 Å². The summed E-state index contributed by atoms with van der Waals surface area (Å²) in [6.07, 6.45) is 0.990. The van der Waals surface area contributed by atoms with Crippen molar-refractivity contribution in [3.63, 3.8) is 0 Å². The molecule has 0 radical (unpaired) electrons. The molecule has 0 amide bonds. The zero-order valence-electron chi connectivity index (χ0n) is 9.37. The molecule has 1 aliphatic heterocycles. The molecule has 0 aromatic carbocycles. The third-order valence-corrected chi connectivity index (χ3v) is 2.82. The van der Waals surface area contributed by atoms with E-state index < -0.39 is 11.9 Å². The number of hydrogen-bond acceptors (Lipinski definition) is 3. The zero-order chi connectivity index (χ0) is 12.3. The molecule has 0 saturated carbocycles. The second-order valence-electron chi connectivity index (χ2n) is 4.14. The van der Waals surface area contributed by atoms with E-state index >= 15 is 0 Å². The summed E-state index contributed by atoms with van der Waals surface area (Å²) in [7, 11) is 0. The van der Waals surface area contributed by atoms with E-state index in [4.69, 9.17) is 0 Å². The minimum Gasteiger partial charge on any atom is -0.341 e. The third kappa shape index (κ3) is 3.08.